The van der Waals surface area contributed by atoms with Crippen LogP contribution in [0, 0.1) is 0 Å². The average molecular weight is 469 g/mol. The van der Waals surface area contributed by atoms with Crippen LogP contribution < -0.4 is 10.6 Å². The minimum Gasteiger partial charge on any atom is -0.465 e. The minimum atomic E-state index is -4.57. The van der Waals surface area contributed by atoms with Crippen LogP contribution in [0.1, 0.15) is 45.7 Å². The van der Waals surface area contributed by atoms with E-state index < -0.39 is 17.8 Å². The first-order valence-corrected chi connectivity index (χ1v) is 10.7. The van der Waals surface area contributed by atoms with E-state index in [0.717, 1.165) is 12.5 Å². The molecule has 6 nitrogen and oxygen atoms in total. The number of nitrogens with one attached hydrogen (secondary N) is 2. The van der Waals surface area contributed by atoms with Gasteiger partial charge in [-0.15, -0.1) is 0 Å². The lowest BCUT2D eigenvalue weighted by atomic mass is 9.98. The summed E-state index contributed by atoms with van der Waals surface area (Å²) >= 11 is 0. The molecule has 2 N–H and O–H groups in total. The standard InChI is InChI=1S/C25H22F3N3O3/c1-34-24(33)16-7-4-6-15(12-16)23(32)30-18-9-5-8-17(13-18)29-21-14-22(25(26,27)28)31-20-11-3-2-10-19(20)21/h2-4,6-7,10-14,17H,5,8-9H2,1H3,(H,29,31)(H,30,32)/t17-/m0/s1. The molecule has 1 aliphatic rings. The SMILES string of the molecule is COC(=O)c1cccc(C(=O)NC2=C[C@@H](Nc3cc(C(F)(F)F)nc4ccccc34)CCC2)c1. The van der Waals surface area contributed by atoms with Crippen LogP contribution in [0.25, 0.3) is 10.9 Å². The Morgan fingerprint density at radius 3 is 2.59 bits per heavy atom. The van der Waals surface area contributed by atoms with Crippen LogP contribution in [0.2, 0.25) is 0 Å². The number of hydrogen-bond donors (Lipinski definition) is 2. The van der Waals surface area contributed by atoms with Crippen molar-refractivity contribution in [2.75, 3.05) is 12.4 Å². The lowest BCUT2D eigenvalue weighted by Crippen LogP contribution is -2.29. The maximum absolute atomic E-state index is 13.4. The molecule has 0 bridgehead atoms. The second-order valence-corrected chi connectivity index (χ2v) is 7.93. The Hall–Kier alpha value is -3.88. The van der Waals surface area contributed by atoms with Gasteiger partial charge in [0.25, 0.3) is 5.91 Å². The van der Waals surface area contributed by atoms with Crippen molar-refractivity contribution in [3.8, 4) is 0 Å². The topological polar surface area (TPSA) is 80.3 Å². The third-order valence-electron chi connectivity index (χ3n) is 5.53. The van der Waals surface area contributed by atoms with Crippen LogP contribution in [-0.2, 0) is 10.9 Å². The fourth-order valence-electron chi connectivity index (χ4n) is 3.90. The molecule has 0 saturated heterocycles. The number of alkyl halides is 3. The van der Waals surface area contributed by atoms with E-state index in [2.05, 4.69) is 20.4 Å². The Morgan fingerprint density at radius 2 is 1.82 bits per heavy atom. The maximum atomic E-state index is 13.4. The number of carbonyl (C=O) groups is 2. The summed E-state index contributed by atoms with van der Waals surface area (Å²) in [6, 6.07) is 13.6. The van der Waals surface area contributed by atoms with E-state index in [1.54, 1.807) is 42.5 Å². The number of aromatic nitrogens is 1. The van der Waals surface area contributed by atoms with E-state index in [4.69, 9.17) is 0 Å². The molecule has 0 spiro atoms. The molecule has 0 aliphatic heterocycles. The van der Waals surface area contributed by atoms with Crippen LogP contribution in [-0.4, -0.2) is 30.0 Å². The van der Waals surface area contributed by atoms with Gasteiger partial charge < -0.3 is 15.4 Å². The number of amides is 1. The van der Waals surface area contributed by atoms with Gasteiger partial charge in [0.15, 0.2) is 0 Å². The number of benzene rings is 2. The smallest absolute Gasteiger partial charge is 0.433 e. The molecule has 0 fully saturated rings. The van der Waals surface area contributed by atoms with Gasteiger partial charge in [-0.05, 0) is 55.7 Å². The second-order valence-electron chi connectivity index (χ2n) is 7.93. The summed E-state index contributed by atoms with van der Waals surface area (Å²) < 4.78 is 44.8. The summed E-state index contributed by atoms with van der Waals surface area (Å²) in [4.78, 5) is 28.2. The molecule has 0 radical (unpaired) electrons. The predicted octanol–water partition coefficient (Wildman–Crippen LogP) is 5.32. The molecule has 4 rings (SSSR count). The molecular formula is C25H22F3N3O3. The molecule has 0 unspecified atom stereocenters. The molecule has 9 heteroatoms. The van der Waals surface area contributed by atoms with Crippen molar-refractivity contribution in [2.45, 2.75) is 31.5 Å². The van der Waals surface area contributed by atoms with Gasteiger partial charge in [0.2, 0.25) is 0 Å². The van der Waals surface area contributed by atoms with Crippen LogP contribution in [0.15, 0.2) is 66.4 Å². The van der Waals surface area contributed by atoms with E-state index in [0.29, 0.717) is 35.2 Å². The zero-order chi connectivity index (χ0) is 24.3. The Bertz CT molecular complexity index is 1270. The molecule has 1 atom stereocenters. The molecule has 3 aromatic rings. The molecule has 1 aliphatic carbocycles. The number of ether oxygens (including phenoxy) is 1. The fraction of sp³-hybridized carbons (Fsp3) is 0.240. The number of allylic oxidation sites excluding steroid dienone is 1. The molecule has 2 aromatic carbocycles. The van der Waals surface area contributed by atoms with E-state index >= 15 is 0 Å². The van der Waals surface area contributed by atoms with Crippen molar-refractivity contribution in [2.24, 2.45) is 0 Å². The lowest BCUT2D eigenvalue weighted by molar-refractivity contribution is -0.140. The van der Waals surface area contributed by atoms with Crippen molar-refractivity contribution in [3.63, 3.8) is 0 Å². The summed E-state index contributed by atoms with van der Waals surface area (Å²) in [6.07, 6.45) is -0.712. The highest BCUT2D eigenvalue weighted by Crippen LogP contribution is 2.34. The number of fused-ring (bicyclic) bond motifs is 1. The summed E-state index contributed by atoms with van der Waals surface area (Å²) in [5, 5.41) is 6.61. The molecular weight excluding hydrogens is 447 g/mol. The van der Waals surface area contributed by atoms with Crippen molar-refractivity contribution in [1.82, 2.24) is 10.3 Å². The number of anilines is 1. The lowest BCUT2D eigenvalue weighted by Gasteiger charge is -2.24. The van der Waals surface area contributed by atoms with Crippen molar-refractivity contribution >= 4 is 28.5 Å². The number of esters is 1. The Kier molecular flexibility index (Phi) is 6.54. The fourth-order valence-corrected chi connectivity index (χ4v) is 3.90. The summed E-state index contributed by atoms with van der Waals surface area (Å²) in [7, 11) is 1.26. The van der Waals surface area contributed by atoms with Crippen LogP contribution in [0.3, 0.4) is 0 Å². The van der Waals surface area contributed by atoms with E-state index in [9.17, 15) is 22.8 Å². The van der Waals surface area contributed by atoms with Gasteiger partial charge >= 0.3 is 12.1 Å². The van der Waals surface area contributed by atoms with Crippen molar-refractivity contribution < 1.29 is 27.5 Å². The Labute approximate surface area is 193 Å². The predicted molar refractivity (Wildman–Crippen MR) is 121 cm³/mol. The van der Waals surface area contributed by atoms with Gasteiger partial charge in [0, 0.05) is 28.4 Å². The monoisotopic (exact) mass is 469 g/mol. The van der Waals surface area contributed by atoms with Gasteiger partial charge in [-0.25, -0.2) is 9.78 Å². The number of pyridine rings is 1. The quantitative estimate of drug-likeness (QED) is 0.495. The highest BCUT2D eigenvalue weighted by molar-refractivity contribution is 5.98. The third kappa shape index (κ3) is 5.19. The number of rotatable bonds is 5. The van der Waals surface area contributed by atoms with Gasteiger partial charge in [0.05, 0.1) is 18.2 Å². The van der Waals surface area contributed by atoms with Gasteiger partial charge in [-0.3, -0.25) is 4.79 Å². The number of methoxy groups -OCH3 is 1. The number of hydrogen-bond acceptors (Lipinski definition) is 5. The summed E-state index contributed by atoms with van der Waals surface area (Å²) in [6.45, 7) is 0. The normalized spacial score (nSPS) is 16.0. The molecule has 1 amide bonds. The van der Waals surface area contributed by atoms with Gasteiger partial charge in [0.1, 0.15) is 5.69 Å². The first kappa shape index (κ1) is 23.3. The van der Waals surface area contributed by atoms with Crippen LogP contribution >= 0.6 is 0 Å². The molecule has 176 valence electrons. The van der Waals surface area contributed by atoms with E-state index in [1.165, 1.54) is 13.2 Å². The summed E-state index contributed by atoms with van der Waals surface area (Å²) in [5.74, 6) is -0.926. The van der Waals surface area contributed by atoms with Crippen LogP contribution in [0.5, 0.6) is 0 Å². The van der Waals surface area contributed by atoms with E-state index in [1.807, 2.05) is 6.08 Å². The Morgan fingerprint density at radius 1 is 1.06 bits per heavy atom. The molecule has 1 aromatic heterocycles. The van der Waals surface area contributed by atoms with Gasteiger partial charge in [-0.2, -0.15) is 13.2 Å². The summed E-state index contributed by atoms with van der Waals surface area (Å²) in [5.41, 5.74) is 0.835. The highest BCUT2D eigenvalue weighted by atomic mass is 19.4. The number of carbonyl (C=O) groups excluding carboxylic acids is 2. The molecule has 0 saturated carbocycles. The molecule has 1 heterocycles. The average Bonchev–Trinajstić information content (AvgIpc) is 2.83. The zero-order valence-corrected chi connectivity index (χ0v) is 18.3. The first-order chi connectivity index (χ1) is 16.2. The van der Waals surface area contributed by atoms with E-state index in [-0.39, 0.29) is 23.0 Å². The first-order valence-electron chi connectivity index (χ1n) is 10.7. The minimum absolute atomic E-state index is 0.249. The number of nitrogens with zero attached hydrogens (tertiary/aromatic N) is 1. The van der Waals surface area contributed by atoms with Crippen LogP contribution in [0.4, 0.5) is 18.9 Å². The zero-order valence-electron chi connectivity index (χ0n) is 18.3. The largest absolute Gasteiger partial charge is 0.465 e. The van der Waals surface area contributed by atoms with Crippen molar-refractivity contribution in [3.05, 3.63) is 83.2 Å². The molecule has 34 heavy (non-hydrogen) atoms. The number of para-hydroxylation sites is 1. The number of halogens is 3. The Balaban J connectivity index is 1.55. The third-order valence-corrected chi connectivity index (χ3v) is 5.53. The van der Waals surface area contributed by atoms with Gasteiger partial charge in [-0.1, -0.05) is 24.3 Å². The van der Waals surface area contributed by atoms with Crippen molar-refractivity contribution in [1.29, 1.82) is 0 Å². The highest BCUT2D eigenvalue weighted by Gasteiger charge is 2.33. The maximum Gasteiger partial charge on any atom is 0.433 e. The second kappa shape index (κ2) is 9.54.